The van der Waals surface area contributed by atoms with Crippen molar-refractivity contribution >= 4 is 16.9 Å². The number of rotatable bonds is 4. The Morgan fingerprint density at radius 2 is 1.76 bits per heavy atom. The molecule has 0 aliphatic carbocycles. The van der Waals surface area contributed by atoms with Crippen LogP contribution >= 0.6 is 0 Å². The molecule has 1 unspecified atom stereocenters. The van der Waals surface area contributed by atoms with Crippen LogP contribution in [0.4, 0.5) is 0 Å². The number of carbonyl (C=O) groups excluding carboxylic acids is 1. The van der Waals surface area contributed by atoms with Crippen molar-refractivity contribution in [2.45, 2.75) is 6.10 Å². The number of amides is 1. The fourth-order valence-corrected chi connectivity index (χ4v) is 3.40. The van der Waals surface area contributed by atoms with E-state index in [4.69, 9.17) is 15.2 Å². The summed E-state index contributed by atoms with van der Waals surface area (Å²) in [4.78, 5) is 19.1. The van der Waals surface area contributed by atoms with E-state index in [0.717, 1.165) is 27.7 Å². The minimum absolute atomic E-state index is 0.196. The van der Waals surface area contributed by atoms with Crippen molar-refractivity contribution in [1.82, 2.24) is 9.97 Å². The number of nitrogens with zero attached hydrogens (tertiary/aromatic N) is 1. The van der Waals surface area contributed by atoms with Crippen molar-refractivity contribution in [3.8, 4) is 22.9 Å². The maximum atomic E-state index is 11.4. The fraction of sp³-hybridized carbons (Fsp3) is 0.0909. The first-order chi connectivity index (χ1) is 14.1. The summed E-state index contributed by atoms with van der Waals surface area (Å²) in [6, 6.07) is 18.0. The van der Waals surface area contributed by atoms with Gasteiger partial charge < -0.3 is 25.3 Å². The molecule has 0 bridgehead atoms. The summed E-state index contributed by atoms with van der Waals surface area (Å²) < 4.78 is 10.7. The van der Waals surface area contributed by atoms with Crippen molar-refractivity contribution in [3.63, 3.8) is 0 Å². The van der Waals surface area contributed by atoms with Gasteiger partial charge in [0.25, 0.3) is 0 Å². The Morgan fingerprint density at radius 1 is 1.00 bits per heavy atom. The summed E-state index contributed by atoms with van der Waals surface area (Å²) >= 11 is 0. The molecule has 144 valence electrons. The summed E-state index contributed by atoms with van der Waals surface area (Å²) in [5.41, 5.74) is 9.58. The maximum absolute atomic E-state index is 11.4. The van der Waals surface area contributed by atoms with Crippen LogP contribution in [0.25, 0.3) is 22.4 Å². The lowest BCUT2D eigenvalue weighted by Crippen LogP contribution is -2.10. The number of aliphatic hydroxyl groups excluding tert-OH is 1. The minimum Gasteiger partial charge on any atom is -0.454 e. The van der Waals surface area contributed by atoms with E-state index in [1.807, 2.05) is 30.3 Å². The molecule has 1 atom stereocenters. The zero-order valence-electron chi connectivity index (χ0n) is 15.3. The Balaban J connectivity index is 1.42. The normalized spacial score (nSPS) is 13.6. The molecule has 3 aromatic carbocycles. The Kier molecular flexibility index (Phi) is 3.96. The highest BCUT2D eigenvalue weighted by Gasteiger charge is 2.18. The highest BCUT2D eigenvalue weighted by Crippen LogP contribution is 2.36. The van der Waals surface area contributed by atoms with Gasteiger partial charge in [0.2, 0.25) is 12.7 Å². The Morgan fingerprint density at radius 3 is 2.55 bits per heavy atom. The quantitative estimate of drug-likeness (QED) is 0.498. The molecule has 0 spiro atoms. The van der Waals surface area contributed by atoms with Crippen LogP contribution in [0.15, 0.2) is 60.7 Å². The van der Waals surface area contributed by atoms with Gasteiger partial charge in [-0.1, -0.05) is 30.3 Å². The second-order valence-corrected chi connectivity index (χ2v) is 6.82. The molecule has 4 aromatic rings. The lowest BCUT2D eigenvalue weighted by Gasteiger charge is -2.12. The molecule has 1 aliphatic heterocycles. The predicted octanol–water partition coefficient (Wildman–Crippen LogP) is 3.14. The van der Waals surface area contributed by atoms with E-state index in [-0.39, 0.29) is 6.79 Å². The van der Waals surface area contributed by atoms with Crippen LogP contribution in [0.2, 0.25) is 0 Å². The second-order valence-electron chi connectivity index (χ2n) is 6.82. The van der Waals surface area contributed by atoms with Crippen LogP contribution in [0.3, 0.4) is 0 Å². The van der Waals surface area contributed by atoms with E-state index in [0.29, 0.717) is 22.9 Å². The van der Waals surface area contributed by atoms with Crippen LogP contribution in [0.5, 0.6) is 11.5 Å². The number of H-pyrrole nitrogens is 1. The number of nitrogens with two attached hydrogens (primary N) is 1. The van der Waals surface area contributed by atoms with Crippen LogP contribution in [0.1, 0.15) is 27.6 Å². The Hall–Kier alpha value is -3.84. The number of hydrogen-bond acceptors (Lipinski definition) is 5. The van der Waals surface area contributed by atoms with Gasteiger partial charge in [-0.15, -0.1) is 0 Å². The number of aromatic amines is 1. The number of aliphatic hydroxyl groups is 1. The van der Waals surface area contributed by atoms with Gasteiger partial charge in [-0.05, 0) is 41.5 Å². The first kappa shape index (κ1) is 17.3. The van der Waals surface area contributed by atoms with Crippen molar-refractivity contribution < 1.29 is 19.4 Å². The number of benzene rings is 3. The van der Waals surface area contributed by atoms with Gasteiger partial charge in [0, 0.05) is 11.1 Å². The van der Waals surface area contributed by atoms with E-state index in [1.165, 1.54) is 0 Å². The summed E-state index contributed by atoms with van der Waals surface area (Å²) in [7, 11) is 0. The maximum Gasteiger partial charge on any atom is 0.248 e. The SMILES string of the molecule is NC(=O)c1ccc2nc(-c3ccc(C(O)c4ccc5c(c4)OCO5)cc3)[nH]c2c1. The molecule has 2 heterocycles. The summed E-state index contributed by atoms with van der Waals surface area (Å²) in [6.45, 7) is 0.196. The van der Waals surface area contributed by atoms with E-state index < -0.39 is 12.0 Å². The van der Waals surface area contributed by atoms with Crippen LogP contribution < -0.4 is 15.2 Å². The third-order valence-corrected chi connectivity index (χ3v) is 4.98. The first-order valence-corrected chi connectivity index (χ1v) is 9.06. The van der Waals surface area contributed by atoms with E-state index in [9.17, 15) is 9.90 Å². The standard InChI is InChI=1S/C22H17N3O4/c23-21(27)15-5-7-16-17(9-15)25-22(24-16)13-3-1-12(2-4-13)20(26)14-6-8-18-19(10-14)29-11-28-18/h1-10,20,26H,11H2,(H2,23,27)(H,24,25). The molecule has 0 fully saturated rings. The van der Waals surface area contributed by atoms with Crippen LogP contribution in [-0.2, 0) is 0 Å². The number of aromatic nitrogens is 2. The van der Waals surface area contributed by atoms with Crippen molar-refractivity contribution in [2.24, 2.45) is 5.73 Å². The number of ether oxygens (including phenoxy) is 2. The van der Waals surface area contributed by atoms with Gasteiger partial charge in [0.15, 0.2) is 11.5 Å². The van der Waals surface area contributed by atoms with Crippen LogP contribution in [0, 0.1) is 0 Å². The molecule has 0 radical (unpaired) electrons. The van der Waals surface area contributed by atoms with E-state index in [1.54, 1.807) is 30.3 Å². The van der Waals surface area contributed by atoms with E-state index in [2.05, 4.69) is 9.97 Å². The molecule has 1 aliphatic rings. The third-order valence-electron chi connectivity index (χ3n) is 4.98. The van der Waals surface area contributed by atoms with Crippen LogP contribution in [-0.4, -0.2) is 27.8 Å². The lowest BCUT2D eigenvalue weighted by atomic mass is 10.00. The fourth-order valence-electron chi connectivity index (χ4n) is 3.40. The molecule has 7 heteroatoms. The number of nitrogens with one attached hydrogen (secondary N) is 1. The van der Waals surface area contributed by atoms with Crippen molar-refractivity contribution in [3.05, 3.63) is 77.4 Å². The number of imidazole rings is 1. The molecule has 1 aromatic heterocycles. The Bertz CT molecular complexity index is 1230. The highest BCUT2D eigenvalue weighted by atomic mass is 16.7. The van der Waals surface area contributed by atoms with Gasteiger partial charge in [-0.25, -0.2) is 4.98 Å². The molecule has 5 rings (SSSR count). The predicted molar refractivity (Wildman–Crippen MR) is 107 cm³/mol. The largest absolute Gasteiger partial charge is 0.454 e. The summed E-state index contributed by atoms with van der Waals surface area (Å²) in [5.74, 6) is 1.51. The van der Waals surface area contributed by atoms with Gasteiger partial charge in [-0.3, -0.25) is 4.79 Å². The second kappa shape index (κ2) is 6.65. The molecule has 7 nitrogen and oxygen atoms in total. The zero-order chi connectivity index (χ0) is 20.0. The molecule has 1 amide bonds. The summed E-state index contributed by atoms with van der Waals surface area (Å²) in [5, 5.41) is 10.7. The number of fused-ring (bicyclic) bond motifs is 2. The van der Waals surface area contributed by atoms with Gasteiger partial charge in [0.1, 0.15) is 11.9 Å². The number of hydrogen-bond donors (Lipinski definition) is 3. The highest BCUT2D eigenvalue weighted by molar-refractivity contribution is 5.96. The Labute approximate surface area is 165 Å². The van der Waals surface area contributed by atoms with Gasteiger partial charge in [-0.2, -0.15) is 0 Å². The first-order valence-electron chi connectivity index (χ1n) is 9.06. The number of primary amides is 1. The summed E-state index contributed by atoms with van der Waals surface area (Å²) in [6.07, 6.45) is -0.785. The lowest BCUT2D eigenvalue weighted by molar-refractivity contribution is 0.100. The smallest absolute Gasteiger partial charge is 0.248 e. The average Bonchev–Trinajstić information content (AvgIpc) is 3.38. The van der Waals surface area contributed by atoms with Gasteiger partial charge in [0.05, 0.1) is 11.0 Å². The number of carbonyl (C=O) groups is 1. The zero-order valence-corrected chi connectivity index (χ0v) is 15.3. The van der Waals surface area contributed by atoms with E-state index >= 15 is 0 Å². The molecular formula is C22H17N3O4. The molecule has 0 saturated heterocycles. The molecular weight excluding hydrogens is 370 g/mol. The molecule has 4 N–H and O–H groups in total. The van der Waals surface area contributed by atoms with Crippen molar-refractivity contribution in [2.75, 3.05) is 6.79 Å². The minimum atomic E-state index is -0.785. The third kappa shape index (κ3) is 3.07. The van der Waals surface area contributed by atoms with Gasteiger partial charge >= 0.3 is 0 Å². The van der Waals surface area contributed by atoms with Crippen molar-refractivity contribution in [1.29, 1.82) is 0 Å². The molecule has 29 heavy (non-hydrogen) atoms. The average molecular weight is 387 g/mol. The topological polar surface area (TPSA) is 110 Å². The monoisotopic (exact) mass is 387 g/mol. The molecule has 0 saturated carbocycles.